The van der Waals surface area contributed by atoms with E-state index in [1.165, 1.54) is 26.1 Å². The van der Waals surface area contributed by atoms with Gasteiger partial charge in [-0.05, 0) is 63.9 Å². The van der Waals surface area contributed by atoms with Crippen molar-refractivity contribution in [2.75, 3.05) is 36.5 Å². The first kappa shape index (κ1) is 25.7. The molecule has 3 heterocycles. The molecule has 0 saturated carbocycles. The Morgan fingerprint density at radius 1 is 1.25 bits per heavy atom. The Balaban J connectivity index is 1.61. The maximum atomic E-state index is 14.3. The fourth-order valence-electron chi connectivity index (χ4n) is 4.37. The largest absolute Gasteiger partial charge is 0.388 e. The van der Waals surface area contributed by atoms with Crippen LogP contribution in [0.1, 0.15) is 60.6 Å². The molecule has 1 amide bonds. The Morgan fingerprint density at radius 2 is 2.06 bits per heavy atom. The lowest BCUT2D eigenvalue weighted by atomic mass is 9.94. The van der Waals surface area contributed by atoms with E-state index in [1.54, 1.807) is 12.3 Å². The molecule has 7 nitrogen and oxygen atoms in total. The first-order valence-corrected chi connectivity index (χ1v) is 12.3. The summed E-state index contributed by atoms with van der Waals surface area (Å²) in [6, 6.07) is 10.9. The van der Waals surface area contributed by atoms with E-state index in [4.69, 9.17) is 4.74 Å². The zero-order valence-electron chi connectivity index (χ0n) is 21.2. The highest BCUT2D eigenvalue weighted by Crippen LogP contribution is 2.37. The molecule has 1 aliphatic heterocycles. The van der Waals surface area contributed by atoms with Gasteiger partial charge in [-0.2, -0.15) is 0 Å². The van der Waals surface area contributed by atoms with Crippen LogP contribution in [0, 0.1) is 6.92 Å². The van der Waals surface area contributed by atoms with E-state index in [-0.39, 0.29) is 11.6 Å². The van der Waals surface area contributed by atoms with E-state index in [2.05, 4.69) is 26.3 Å². The molecule has 190 valence electrons. The number of amides is 1. The first-order valence-electron chi connectivity index (χ1n) is 12.3. The van der Waals surface area contributed by atoms with Gasteiger partial charge in [-0.1, -0.05) is 12.1 Å². The van der Waals surface area contributed by atoms with Gasteiger partial charge in [0.15, 0.2) is 0 Å². The number of carbonyl (C=O) groups excluding carboxylic acids is 1. The topological polar surface area (TPSA) is 87.6 Å². The van der Waals surface area contributed by atoms with Crippen molar-refractivity contribution in [2.45, 2.75) is 45.9 Å². The zero-order valence-corrected chi connectivity index (χ0v) is 21.2. The quantitative estimate of drug-likeness (QED) is 0.421. The average molecular weight is 493 g/mol. The fourth-order valence-corrected chi connectivity index (χ4v) is 4.37. The number of aromatic nitrogens is 2. The highest BCUT2D eigenvalue weighted by Gasteiger charge is 2.25. The van der Waals surface area contributed by atoms with Crippen LogP contribution in [-0.2, 0) is 10.4 Å². The van der Waals surface area contributed by atoms with Crippen molar-refractivity contribution in [3.05, 3.63) is 71.3 Å². The summed E-state index contributed by atoms with van der Waals surface area (Å²) >= 11 is 0. The summed E-state index contributed by atoms with van der Waals surface area (Å²) in [5.41, 5.74) is 3.92. The number of anilines is 2. The molecule has 1 unspecified atom stereocenters. The normalized spacial score (nSPS) is 15.5. The number of alkyl halides is 1. The molecule has 8 heteroatoms. The van der Waals surface area contributed by atoms with Gasteiger partial charge in [0.2, 0.25) is 0 Å². The number of pyridine rings is 2. The van der Waals surface area contributed by atoms with Crippen molar-refractivity contribution in [1.29, 1.82) is 0 Å². The molecule has 2 aromatic heterocycles. The van der Waals surface area contributed by atoms with Gasteiger partial charge in [0.05, 0.1) is 30.3 Å². The molecule has 36 heavy (non-hydrogen) atoms. The third-order valence-electron chi connectivity index (χ3n) is 6.40. The van der Waals surface area contributed by atoms with E-state index < -0.39 is 11.8 Å². The van der Waals surface area contributed by atoms with Crippen molar-refractivity contribution < 1.29 is 19.0 Å². The van der Waals surface area contributed by atoms with Crippen LogP contribution in [0.25, 0.3) is 11.1 Å². The SMILES string of the molecule is CCOCCN1CCC(O)c2ccc(-c3cc(NC(=O)c4ccnc(C(C)(C)F)c4)cnc3C)cc21. The standard InChI is InChI=1S/C28H33FN4O3/c1-5-36-13-12-33-11-9-25(34)22-7-6-19(14-24(22)33)23-16-21(17-31-18(23)2)32-27(35)20-8-10-30-26(15-20)28(3,4)29/h6-8,10,14-17,25,34H,5,9,11-13H2,1-4H3,(H,32,35). The number of halogens is 1. The summed E-state index contributed by atoms with van der Waals surface area (Å²) in [6.45, 7) is 9.48. The predicted octanol–water partition coefficient (Wildman–Crippen LogP) is 5.19. The van der Waals surface area contributed by atoms with Gasteiger partial charge in [0.1, 0.15) is 5.67 Å². The second-order valence-electron chi connectivity index (χ2n) is 9.48. The number of carbonyl (C=O) groups is 1. The average Bonchev–Trinajstić information content (AvgIpc) is 2.86. The number of ether oxygens (including phenoxy) is 1. The van der Waals surface area contributed by atoms with E-state index in [1.807, 2.05) is 32.0 Å². The minimum absolute atomic E-state index is 0.197. The molecule has 1 aliphatic rings. The highest BCUT2D eigenvalue weighted by molar-refractivity contribution is 6.04. The Bertz CT molecular complexity index is 1240. The van der Waals surface area contributed by atoms with Crippen molar-refractivity contribution in [1.82, 2.24) is 9.97 Å². The second kappa shape index (κ2) is 10.7. The van der Waals surface area contributed by atoms with Crippen LogP contribution in [0.15, 0.2) is 48.8 Å². The predicted molar refractivity (Wildman–Crippen MR) is 139 cm³/mol. The second-order valence-corrected chi connectivity index (χ2v) is 9.48. The number of rotatable bonds is 8. The van der Waals surface area contributed by atoms with Crippen LogP contribution in [0.2, 0.25) is 0 Å². The number of benzene rings is 1. The lowest BCUT2D eigenvalue weighted by molar-refractivity contribution is 0.102. The molecule has 0 aliphatic carbocycles. The Kier molecular flexibility index (Phi) is 7.66. The molecular weight excluding hydrogens is 459 g/mol. The monoisotopic (exact) mass is 492 g/mol. The van der Waals surface area contributed by atoms with E-state index in [0.717, 1.165) is 41.2 Å². The van der Waals surface area contributed by atoms with Crippen LogP contribution >= 0.6 is 0 Å². The number of nitrogens with one attached hydrogen (secondary N) is 1. The van der Waals surface area contributed by atoms with Gasteiger partial charge in [-0.25, -0.2) is 4.39 Å². The maximum absolute atomic E-state index is 14.3. The number of hydrogen-bond donors (Lipinski definition) is 2. The summed E-state index contributed by atoms with van der Waals surface area (Å²) in [7, 11) is 0. The summed E-state index contributed by atoms with van der Waals surface area (Å²) in [5.74, 6) is -0.366. The van der Waals surface area contributed by atoms with Gasteiger partial charge >= 0.3 is 0 Å². The molecule has 1 aromatic carbocycles. The van der Waals surface area contributed by atoms with Crippen LogP contribution in [0.4, 0.5) is 15.8 Å². The Hall–Kier alpha value is -3.36. The van der Waals surface area contributed by atoms with E-state index in [9.17, 15) is 14.3 Å². The molecule has 0 bridgehead atoms. The third kappa shape index (κ3) is 5.71. The molecule has 0 fully saturated rings. The molecule has 0 spiro atoms. The Labute approximate surface area is 211 Å². The summed E-state index contributed by atoms with van der Waals surface area (Å²) in [4.78, 5) is 23.7. The minimum atomic E-state index is -1.65. The molecule has 3 aromatic rings. The molecule has 0 radical (unpaired) electrons. The number of aliphatic hydroxyl groups is 1. The number of hydrogen-bond acceptors (Lipinski definition) is 6. The van der Waals surface area contributed by atoms with Crippen molar-refractivity contribution in [3.8, 4) is 11.1 Å². The molecular formula is C28H33FN4O3. The number of nitrogens with zero attached hydrogens (tertiary/aromatic N) is 3. The van der Waals surface area contributed by atoms with Gasteiger partial charge < -0.3 is 20.1 Å². The molecule has 1 atom stereocenters. The van der Waals surface area contributed by atoms with Gasteiger partial charge in [0.25, 0.3) is 5.91 Å². The molecule has 2 N–H and O–H groups in total. The van der Waals surface area contributed by atoms with Gasteiger partial charge in [-0.3, -0.25) is 14.8 Å². The first-order chi connectivity index (χ1) is 17.2. The van der Waals surface area contributed by atoms with Crippen molar-refractivity contribution in [3.63, 3.8) is 0 Å². The summed E-state index contributed by atoms with van der Waals surface area (Å²) < 4.78 is 19.9. The van der Waals surface area contributed by atoms with Crippen molar-refractivity contribution in [2.24, 2.45) is 0 Å². The van der Waals surface area contributed by atoms with Gasteiger partial charge in [0, 0.05) is 54.0 Å². The van der Waals surface area contributed by atoms with Crippen LogP contribution in [-0.4, -0.2) is 47.3 Å². The van der Waals surface area contributed by atoms with Crippen LogP contribution < -0.4 is 10.2 Å². The van der Waals surface area contributed by atoms with Crippen LogP contribution in [0.5, 0.6) is 0 Å². The van der Waals surface area contributed by atoms with Crippen molar-refractivity contribution >= 4 is 17.3 Å². The minimum Gasteiger partial charge on any atom is -0.388 e. The van der Waals surface area contributed by atoms with Gasteiger partial charge in [-0.15, -0.1) is 0 Å². The summed E-state index contributed by atoms with van der Waals surface area (Å²) in [6.07, 6.45) is 3.22. The number of aryl methyl sites for hydroxylation is 1. The lowest BCUT2D eigenvalue weighted by Gasteiger charge is -2.34. The highest BCUT2D eigenvalue weighted by atomic mass is 19.1. The smallest absolute Gasteiger partial charge is 0.255 e. The van der Waals surface area contributed by atoms with E-state index in [0.29, 0.717) is 30.9 Å². The maximum Gasteiger partial charge on any atom is 0.255 e. The number of aliphatic hydroxyl groups excluding tert-OH is 1. The fraction of sp³-hybridized carbons (Fsp3) is 0.393. The lowest BCUT2D eigenvalue weighted by Crippen LogP contribution is -2.34. The number of fused-ring (bicyclic) bond motifs is 1. The molecule has 4 rings (SSSR count). The van der Waals surface area contributed by atoms with E-state index >= 15 is 0 Å². The third-order valence-corrected chi connectivity index (χ3v) is 6.40. The summed E-state index contributed by atoms with van der Waals surface area (Å²) in [5, 5.41) is 13.4. The molecule has 0 saturated heterocycles. The zero-order chi connectivity index (χ0) is 25.9. The van der Waals surface area contributed by atoms with Crippen LogP contribution in [0.3, 0.4) is 0 Å². The Morgan fingerprint density at radius 3 is 2.81 bits per heavy atom.